The van der Waals surface area contributed by atoms with Gasteiger partial charge in [0.05, 0.1) is 0 Å². The first kappa shape index (κ1) is 12.3. The quantitative estimate of drug-likeness (QED) is 0.738. The molecular formula is C12H23N3. The molecule has 1 heterocycles. The standard InChI is InChI=1S/C12H23N3/c1-10-8-12(11(2)15(10)5)9-13-6-7-14(3)4/h8,13H,6-7,9H2,1-5H3. The Hall–Kier alpha value is -0.800. The van der Waals surface area contributed by atoms with Crippen LogP contribution in [0.15, 0.2) is 6.07 Å². The summed E-state index contributed by atoms with van der Waals surface area (Å²) in [5, 5.41) is 3.46. The second-order valence-electron chi connectivity index (χ2n) is 4.44. The molecule has 0 spiro atoms. The molecule has 1 aromatic heterocycles. The Bertz CT molecular complexity index is 313. The zero-order valence-corrected chi connectivity index (χ0v) is 10.6. The van der Waals surface area contributed by atoms with E-state index in [9.17, 15) is 0 Å². The average molecular weight is 209 g/mol. The Morgan fingerprint density at radius 3 is 2.47 bits per heavy atom. The topological polar surface area (TPSA) is 20.2 Å². The van der Waals surface area contributed by atoms with Crippen molar-refractivity contribution in [1.29, 1.82) is 0 Å². The zero-order valence-electron chi connectivity index (χ0n) is 10.6. The number of hydrogen-bond acceptors (Lipinski definition) is 2. The molecule has 86 valence electrons. The molecule has 1 N–H and O–H groups in total. The molecule has 0 aliphatic rings. The zero-order chi connectivity index (χ0) is 11.4. The first-order chi connectivity index (χ1) is 7.02. The summed E-state index contributed by atoms with van der Waals surface area (Å²) in [5.74, 6) is 0. The third kappa shape index (κ3) is 3.36. The minimum Gasteiger partial charge on any atom is -0.352 e. The number of nitrogens with zero attached hydrogens (tertiary/aromatic N) is 2. The van der Waals surface area contributed by atoms with Gasteiger partial charge in [0, 0.05) is 38.1 Å². The van der Waals surface area contributed by atoms with E-state index in [2.05, 4.69) is 55.8 Å². The molecule has 3 nitrogen and oxygen atoms in total. The lowest BCUT2D eigenvalue weighted by atomic mass is 10.2. The van der Waals surface area contributed by atoms with Gasteiger partial charge in [0.15, 0.2) is 0 Å². The average Bonchev–Trinajstić information content (AvgIpc) is 2.41. The predicted octanol–water partition coefficient (Wildman–Crippen LogP) is 1.29. The molecule has 0 radical (unpaired) electrons. The molecule has 0 amide bonds. The monoisotopic (exact) mass is 209 g/mol. The molecule has 3 heteroatoms. The molecule has 0 saturated heterocycles. The summed E-state index contributed by atoms with van der Waals surface area (Å²) in [6.45, 7) is 7.43. The van der Waals surface area contributed by atoms with Gasteiger partial charge in [0.2, 0.25) is 0 Å². The van der Waals surface area contributed by atoms with Crippen molar-refractivity contribution < 1.29 is 0 Å². The number of nitrogens with one attached hydrogen (secondary N) is 1. The summed E-state index contributed by atoms with van der Waals surface area (Å²) in [5.41, 5.74) is 4.11. The van der Waals surface area contributed by atoms with Crippen molar-refractivity contribution in [2.75, 3.05) is 27.2 Å². The minimum absolute atomic E-state index is 0.974. The first-order valence-electron chi connectivity index (χ1n) is 5.49. The van der Waals surface area contributed by atoms with Crippen molar-refractivity contribution in [3.8, 4) is 0 Å². The predicted molar refractivity (Wildman–Crippen MR) is 65.1 cm³/mol. The van der Waals surface area contributed by atoms with E-state index in [4.69, 9.17) is 0 Å². The Kier molecular flexibility index (Phi) is 4.36. The number of aromatic nitrogens is 1. The highest BCUT2D eigenvalue weighted by atomic mass is 15.1. The summed E-state index contributed by atoms with van der Waals surface area (Å²) < 4.78 is 2.24. The van der Waals surface area contributed by atoms with Gasteiger partial charge in [0.1, 0.15) is 0 Å². The number of hydrogen-bond donors (Lipinski definition) is 1. The van der Waals surface area contributed by atoms with Gasteiger partial charge in [-0.25, -0.2) is 0 Å². The summed E-state index contributed by atoms with van der Waals surface area (Å²) in [4.78, 5) is 2.19. The third-order valence-corrected chi connectivity index (χ3v) is 2.93. The maximum atomic E-state index is 3.46. The molecule has 0 saturated carbocycles. The molecule has 0 aromatic carbocycles. The van der Waals surface area contributed by atoms with Gasteiger partial charge in [0.25, 0.3) is 0 Å². The normalized spacial score (nSPS) is 11.3. The van der Waals surface area contributed by atoms with E-state index in [0.717, 1.165) is 19.6 Å². The van der Waals surface area contributed by atoms with Crippen molar-refractivity contribution in [3.05, 3.63) is 23.0 Å². The molecule has 0 bridgehead atoms. The Balaban J connectivity index is 2.41. The van der Waals surface area contributed by atoms with Crippen LogP contribution in [0, 0.1) is 13.8 Å². The van der Waals surface area contributed by atoms with Crippen molar-refractivity contribution in [2.45, 2.75) is 20.4 Å². The third-order valence-electron chi connectivity index (χ3n) is 2.93. The van der Waals surface area contributed by atoms with E-state index in [1.54, 1.807) is 0 Å². The summed E-state index contributed by atoms with van der Waals surface area (Å²) in [7, 11) is 6.31. The lowest BCUT2D eigenvalue weighted by molar-refractivity contribution is 0.400. The minimum atomic E-state index is 0.974. The SMILES string of the molecule is Cc1cc(CNCCN(C)C)c(C)n1C. The van der Waals surface area contributed by atoms with E-state index in [-0.39, 0.29) is 0 Å². The Labute approximate surface area is 93.1 Å². The van der Waals surface area contributed by atoms with Crippen LogP contribution < -0.4 is 5.32 Å². The Morgan fingerprint density at radius 2 is 2.00 bits per heavy atom. The van der Waals surface area contributed by atoms with Crippen LogP contribution in [0.3, 0.4) is 0 Å². The molecule has 0 aliphatic carbocycles. The Morgan fingerprint density at radius 1 is 1.33 bits per heavy atom. The molecule has 0 unspecified atom stereocenters. The van der Waals surface area contributed by atoms with Crippen molar-refractivity contribution in [1.82, 2.24) is 14.8 Å². The largest absolute Gasteiger partial charge is 0.352 e. The highest BCUT2D eigenvalue weighted by Crippen LogP contribution is 2.12. The fraction of sp³-hybridized carbons (Fsp3) is 0.667. The summed E-state index contributed by atoms with van der Waals surface area (Å²) in [6.07, 6.45) is 0. The molecule has 15 heavy (non-hydrogen) atoms. The molecule has 0 atom stereocenters. The van der Waals surface area contributed by atoms with Crippen LogP contribution in [0.5, 0.6) is 0 Å². The van der Waals surface area contributed by atoms with Gasteiger partial charge in [-0.2, -0.15) is 0 Å². The summed E-state index contributed by atoms with van der Waals surface area (Å²) in [6, 6.07) is 2.26. The maximum absolute atomic E-state index is 3.46. The van der Waals surface area contributed by atoms with Crippen molar-refractivity contribution >= 4 is 0 Å². The smallest absolute Gasteiger partial charge is 0.0223 e. The van der Waals surface area contributed by atoms with E-state index >= 15 is 0 Å². The fourth-order valence-electron chi connectivity index (χ4n) is 1.64. The van der Waals surface area contributed by atoms with Crippen LogP contribution in [0.1, 0.15) is 17.0 Å². The lowest BCUT2D eigenvalue weighted by Crippen LogP contribution is -2.26. The molecule has 0 aliphatic heterocycles. The van der Waals surface area contributed by atoms with Gasteiger partial charge in [-0.1, -0.05) is 0 Å². The van der Waals surface area contributed by atoms with Gasteiger partial charge < -0.3 is 14.8 Å². The van der Waals surface area contributed by atoms with E-state index < -0.39 is 0 Å². The van der Waals surface area contributed by atoms with Crippen LogP contribution in [-0.2, 0) is 13.6 Å². The molecule has 0 fully saturated rings. The highest BCUT2D eigenvalue weighted by Gasteiger charge is 2.04. The van der Waals surface area contributed by atoms with Crippen LogP contribution in [0.25, 0.3) is 0 Å². The van der Waals surface area contributed by atoms with Gasteiger partial charge in [-0.05, 0) is 39.6 Å². The first-order valence-corrected chi connectivity index (χ1v) is 5.49. The van der Waals surface area contributed by atoms with E-state index in [1.807, 2.05) is 0 Å². The number of likely N-dealkylation sites (N-methyl/N-ethyl adjacent to an activating group) is 1. The van der Waals surface area contributed by atoms with E-state index in [1.165, 1.54) is 17.0 Å². The van der Waals surface area contributed by atoms with Gasteiger partial charge in [-0.15, -0.1) is 0 Å². The van der Waals surface area contributed by atoms with Gasteiger partial charge in [-0.3, -0.25) is 0 Å². The van der Waals surface area contributed by atoms with Crippen LogP contribution in [0.2, 0.25) is 0 Å². The summed E-state index contributed by atoms with van der Waals surface area (Å²) >= 11 is 0. The van der Waals surface area contributed by atoms with Crippen molar-refractivity contribution in [2.24, 2.45) is 7.05 Å². The molecule has 1 aromatic rings. The van der Waals surface area contributed by atoms with E-state index in [0.29, 0.717) is 0 Å². The second kappa shape index (κ2) is 5.33. The number of aryl methyl sites for hydroxylation is 1. The fourth-order valence-corrected chi connectivity index (χ4v) is 1.64. The van der Waals surface area contributed by atoms with Crippen LogP contribution in [0.4, 0.5) is 0 Å². The van der Waals surface area contributed by atoms with Crippen LogP contribution in [-0.4, -0.2) is 36.7 Å². The molecular weight excluding hydrogens is 186 g/mol. The van der Waals surface area contributed by atoms with Crippen LogP contribution >= 0.6 is 0 Å². The van der Waals surface area contributed by atoms with Crippen molar-refractivity contribution in [3.63, 3.8) is 0 Å². The molecule has 1 rings (SSSR count). The maximum Gasteiger partial charge on any atom is 0.0223 e. The highest BCUT2D eigenvalue weighted by molar-refractivity contribution is 5.26. The lowest BCUT2D eigenvalue weighted by Gasteiger charge is -2.10. The number of rotatable bonds is 5. The van der Waals surface area contributed by atoms with Gasteiger partial charge >= 0.3 is 0 Å². The second-order valence-corrected chi connectivity index (χ2v) is 4.44.